The number of ketones is 1. The zero-order chi connectivity index (χ0) is 15.6. The summed E-state index contributed by atoms with van der Waals surface area (Å²) in [7, 11) is 0. The van der Waals surface area contributed by atoms with Gasteiger partial charge in [0.1, 0.15) is 0 Å². The van der Waals surface area contributed by atoms with Gasteiger partial charge in [0.05, 0.1) is 6.04 Å². The topological polar surface area (TPSA) is 75.3 Å². The number of carbonyl (C=O) groups excluding carboxylic acids is 3. The van der Waals surface area contributed by atoms with Crippen molar-refractivity contribution in [1.29, 1.82) is 0 Å². The van der Waals surface area contributed by atoms with Crippen molar-refractivity contribution < 1.29 is 27.6 Å². The Balaban J connectivity index is 2.08. The van der Waals surface area contributed by atoms with Gasteiger partial charge in [-0.15, -0.1) is 0 Å². The second-order valence-corrected chi connectivity index (χ2v) is 4.57. The summed E-state index contributed by atoms with van der Waals surface area (Å²) in [5.74, 6) is -5.48. The van der Waals surface area contributed by atoms with Crippen LogP contribution in [0.1, 0.15) is 5.56 Å². The van der Waals surface area contributed by atoms with E-state index in [0.717, 1.165) is 5.56 Å². The molecule has 1 saturated heterocycles. The molecular weight excluding hydrogens is 289 g/mol. The maximum Gasteiger partial charge on any atom is 0.484 e. The lowest BCUT2D eigenvalue weighted by atomic mass is 9.98. The van der Waals surface area contributed by atoms with Crippen molar-refractivity contribution in [3.63, 3.8) is 0 Å². The second-order valence-electron chi connectivity index (χ2n) is 4.57. The first-order valence-corrected chi connectivity index (χ1v) is 6.05. The first kappa shape index (κ1) is 15.0. The van der Waals surface area contributed by atoms with Crippen LogP contribution in [0.2, 0.25) is 0 Å². The number of Topliss-reactive ketones (excluding diaryl/α,β-unsaturated/α-hetero) is 1. The molecule has 0 aliphatic carbocycles. The van der Waals surface area contributed by atoms with Crippen LogP contribution in [0.3, 0.4) is 0 Å². The van der Waals surface area contributed by atoms with E-state index in [1.807, 2.05) is 0 Å². The van der Waals surface area contributed by atoms with Crippen molar-refractivity contribution >= 4 is 17.6 Å². The van der Waals surface area contributed by atoms with Gasteiger partial charge in [0, 0.05) is 0 Å². The Hall–Kier alpha value is -2.38. The van der Waals surface area contributed by atoms with Gasteiger partial charge in [-0.2, -0.15) is 13.2 Å². The molecule has 2 atom stereocenters. The molecule has 1 aromatic rings. The fraction of sp³-hybridized carbons (Fsp3) is 0.308. The summed E-state index contributed by atoms with van der Waals surface area (Å²) in [4.78, 5) is 34.9. The van der Waals surface area contributed by atoms with Gasteiger partial charge in [-0.3, -0.25) is 19.7 Å². The molecule has 0 bridgehead atoms. The molecule has 2 rings (SSSR count). The number of benzene rings is 1. The molecule has 1 fully saturated rings. The van der Waals surface area contributed by atoms with Crippen LogP contribution in [-0.2, 0) is 20.8 Å². The molecule has 1 aliphatic rings. The quantitative estimate of drug-likeness (QED) is 0.632. The molecule has 0 saturated carbocycles. The van der Waals surface area contributed by atoms with E-state index in [1.165, 1.54) is 0 Å². The van der Waals surface area contributed by atoms with E-state index in [0.29, 0.717) is 5.32 Å². The molecule has 8 heteroatoms. The van der Waals surface area contributed by atoms with Crippen molar-refractivity contribution in [2.45, 2.75) is 18.8 Å². The first-order chi connectivity index (χ1) is 9.78. The second kappa shape index (κ2) is 5.55. The van der Waals surface area contributed by atoms with Crippen LogP contribution in [0, 0.1) is 5.92 Å². The minimum Gasteiger partial charge on any atom is -0.345 e. The Labute approximate surface area is 117 Å². The summed E-state index contributed by atoms with van der Waals surface area (Å²) in [5.41, 5.74) is 0.730. The van der Waals surface area contributed by atoms with Crippen molar-refractivity contribution in [1.82, 2.24) is 10.6 Å². The molecule has 1 heterocycles. The number of nitrogens with one attached hydrogen (secondary N) is 2. The highest BCUT2D eigenvalue weighted by atomic mass is 19.4. The fourth-order valence-corrected chi connectivity index (χ4v) is 2.12. The van der Waals surface area contributed by atoms with E-state index in [9.17, 15) is 27.6 Å². The summed E-state index contributed by atoms with van der Waals surface area (Å²) in [6, 6.07) is 7.64. The molecule has 2 N–H and O–H groups in total. The molecule has 112 valence electrons. The Kier molecular flexibility index (Phi) is 3.97. The minimum absolute atomic E-state index is 0.126. The van der Waals surface area contributed by atoms with Gasteiger partial charge in [0.25, 0.3) is 0 Å². The summed E-state index contributed by atoms with van der Waals surface area (Å²) in [5, 5.41) is 2.94. The van der Waals surface area contributed by atoms with Crippen molar-refractivity contribution in [3.05, 3.63) is 35.9 Å². The maximum atomic E-state index is 12.1. The monoisotopic (exact) mass is 300 g/mol. The standard InChI is InChI=1S/C13H11F3N2O3/c14-13(15,16)18-12(21)9-10(19)8(17-11(9)20)6-7-4-2-1-3-5-7/h1-5,8-9H,6H2,(H,17,20)(H,18,21). The number of alkyl halides is 3. The molecule has 5 nitrogen and oxygen atoms in total. The average molecular weight is 300 g/mol. The Morgan fingerprint density at radius 1 is 1.19 bits per heavy atom. The number of rotatable bonds is 3. The summed E-state index contributed by atoms with van der Waals surface area (Å²) in [6.45, 7) is 0. The van der Waals surface area contributed by atoms with Gasteiger partial charge in [-0.1, -0.05) is 30.3 Å². The van der Waals surface area contributed by atoms with Gasteiger partial charge in [0.15, 0.2) is 11.7 Å². The van der Waals surface area contributed by atoms with Crippen LogP contribution in [-0.4, -0.2) is 29.9 Å². The summed E-state index contributed by atoms with van der Waals surface area (Å²) < 4.78 is 36.2. The molecule has 0 spiro atoms. The largest absolute Gasteiger partial charge is 0.484 e. The average Bonchev–Trinajstić information content (AvgIpc) is 2.63. The lowest BCUT2D eigenvalue weighted by Gasteiger charge is -2.11. The van der Waals surface area contributed by atoms with Crippen LogP contribution in [0.15, 0.2) is 30.3 Å². The molecule has 1 aliphatic heterocycles. The highest BCUT2D eigenvalue weighted by molar-refractivity contribution is 6.23. The highest BCUT2D eigenvalue weighted by Crippen LogP contribution is 2.18. The van der Waals surface area contributed by atoms with Crippen LogP contribution in [0.5, 0.6) is 0 Å². The molecule has 0 aromatic heterocycles. The third-order valence-electron chi connectivity index (χ3n) is 3.02. The SMILES string of the molecule is O=C1NC(Cc2ccccc2)C(=O)C1C(=O)NC(F)(F)F. The van der Waals surface area contributed by atoms with E-state index in [-0.39, 0.29) is 6.42 Å². The maximum absolute atomic E-state index is 12.1. The number of halogens is 3. The third kappa shape index (κ3) is 3.59. The summed E-state index contributed by atoms with van der Waals surface area (Å²) >= 11 is 0. The number of hydrogen-bond donors (Lipinski definition) is 2. The Bertz CT molecular complexity index is 572. The smallest absolute Gasteiger partial charge is 0.345 e. The predicted molar refractivity (Wildman–Crippen MR) is 64.8 cm³/mol. The molecule has 2 unspecified atom stereocenters. The molecule has 0 radical (unpaired) electrons. The van der Waals surface area contributed by atoms with Crippen LogP contribution < -0.4 is 10.6 Å². The minimum atomic E-state index is -4.98. The first-order valence-electron chi connectivity index (χ1n) is 6.05. The summed E-state index contributed by atoms with van der Waals surface area (Å²) in [6.07, 6.45) is -4.85. The Morgan fingerprint density at radius 2 is 1.81 bits per heavy atom. The zero-order valence-corrected chi connectivity index (χ0v) is 10.6. The van der Waals surface area contributed by atoms with Crippen molar-refractivity contribution in [2.75, 3.05) is 0 Å². The van der Waals surface area contributed by atoms with E-state index >= 15 is 0 Å². The van der Waals surface area contributed by atoms with Crippen molar-refractivity contribution in [2.24, 2.45) is 5.92 Å². The van der Waals surface area contributed by atoms with Crippen LogP contribution in [0.25, 0.3) is 0 Å². The molecule has 21 heavy (non-hydrogen) atoms. The van der Waals surface area contributed by atoms with Gasteiger partial charge in [-0.25, -0.2) is 0 Å². The number of hydrogen-bond acceptors (Lipinski definition) is 3. The fourth-order valence-electron chi connectivity index (χ4n) is 2.12. The van der Waals surface area contributed by atoms with E-state index in [1.54, 1.807) is 30.3 Å². The lowest BCUT2D eigenvalue weighted by Crippen LogP contribution is -2.45. The van der Waals surface area contributed by atoms with E-state index < -0.39 is 35.9 Å². The zero-order valence-electron chi connectivity index (χ0n) is 10.6. The van der Waals surface area contributed by atoms with E-state index in [2.05, 4.69) is 5.32 Å². The predicted octanol–water partition coefficient (Wildman–Crippen LogP) is 0.549. The molecule has 2 amide bonds. The number of carbonyl (C=O) groups is 3. The van der Waals surface area contributed by atoms with E-state index in [4.69, 9.17) is 0 Å². The van der Waals surface area contributed by atoms with Crippen LogP contribution >= 0.6 is 0 Å². The Morgan fingerprint density at radius 3 is 2.38 bits per heavy atom. The van der Waals surface area contributed by atoms with Gasteiger partial charge in [-0.05, 0) is 12.0 Å². The third-order valence-corrected chi connectivity index (χ3v) is 3.02. The lowest BCUT2D eigenvalue weighted by molar-refractivity contribution is -0.172. The van der Waals surface area contributed by atoms with Gasteiger partial charge >= 0.3 is 6.30 Å². The highest BCUT2D eigenvalue weighted by Gasteiger charge is 2.47. The number of amides is 2. The van der Waals surface area contributed by atoms with Gasteiger partial charge < -0.3 is 5.32 Å². The van der Waals surface area contributed by atoms with Crippen molar-refractivity contribution in [3.8, 4) is 0 Å². The van der Waals surface area contributed by atoms with Crippen LogP contribution in [0.4, 0.5) is 13.2 Å². The molecule has 1 aromatic carbocycles. The van der Waals surface area contributed by atoms with Gasteiger partial charge in [0.2, 0.25) is 11.8 Å². The normalized spacial score (nSPS) is 22.0. The molecular formula is C13H11F3N2O3.